The molecule has 3 N–H and O–H groups in total. The molecule has 2 heterocycles. The normalized spacial score (nSPS) is 24.4. The monoisotopic (exact) mass is 204 g/mol. The van der Waals surface area contributed by atoms with Gasteiger partial charge in [0.05, 0.1) is 0 Å². The highest BCUT2D eigenvalue weighted by Gasteiger charge is 2.33. The van der Waals surface area contributed by atoms with Gasteiger partial charge in [-0.2, -0.15) is 14.6 Å². The Balaban J connectivity index is 2.03. The number of nitrogens with zero attached hydrogens (tertiary/aromatic N) is 4. The van der Waals surface area contributed by atoms with Crippen LogP contribution in [0.5, 0.6) is 0 Å². The predicted octanol–water partition coefficient (Wildman–Crippen LogP) is -0.0558. The molecule has 2 aromatic heterocycles. The minimum Gasteiger partial charge on any atom is -0.365 e. The highest BCUT2D eigenvalue weighted by Crippen LogP contribution is 2.23. The summed E-state index contributed by atoms with van der Waals surface area (Å²) in [6, 6.07) is 2.57. The highest BCUT2D eigenvalue weighted by atomic mass is 15.4. The standard InChI is InChI=1S/C9H12N6/c1-5-2-8(14-7-3-6(7)10)15-9(13-5)11-4-12-15/h2,4,6-7,14H,3,10H2,1H3. The fraction of sp³-hybridized carbons (Fsp3) is 0.444. The van der Waals surface area contributed by atoms with Crippen molar-refractivity contribution in [1.29, 1.82) is 0 Å². The number of nitrogens with two attached hydrogens (primary N) is 1. The van der Waals surface area contributed by atoms with Gasteiger partial charge in [-0.25, -0.2) is 4.98 Å². The van der Waals surface area contributed by atoms with Gasteiger partial charge in [0.25, 0.3) is 5.78 Å². The molecule has 3 rings (SSSR count). The molecule has 6 nitrogen and oxygen atoms in total. The number of anilines is 1. The SMILES string of the molecule is Cc1cc(NC2CC2N)n2ncnc2n1. The Bertz CT molecular complexity index is 504. The molecule has 1 fully saturated rings. The predicted molar refractivity (Wildman–Crippen MR) is 55.5 cm³/mol. The van der Waals surface area contributed by atoms with Crippen molar-refractivity contribution in [1.82, 2.24) is 19.6 Å². The van der Waals surface area contributed by atoms with Crippen molar-refractivity contribution in [2.75, 3.05) is 5.32 Å². The van der Waals surface area contributed by atoms with Crippen LogP contribution in [0.15, 0.2) is 12.4 Å². The molecular formula is C9H12N6. The lowest BCUT2D eigenvalue weighted by molar-refractivity contribution is 0.904. The van der Waals surface area contributed by atoms with E-state index >= 15 is 0 Å². The molecule has 1 aliphatic carbocycles. The zero-order valence-corrected chi connectivity index (χ0v) is 8.38. The maximum atomic E-state index is 5.75. The van der Waals surface area contributed by atoms with Crippen LogP contribution in [0.25, 0.3) is 5.78 Å². The van der Waals surface area contributed by atoms with E-state index in [0.29, 0.717) is 11.8 Å². The van der Waals surface area contributed by atoms with Crippen molar-refractivity contribution >= 4 is 11.6 Å². The minimum atomic E-state index is 0.261. The molecule has 0 aromatic carbocycles. The first-order valence-corrected chi connectivity index (χ1v) is 4.93. The van der Waals surface area contributed by atoms with Gasteiger partial charge < -0.3 is 11.1 Å². The maximum Gasteiger partial charge on any atom is 0.254 e. The van der Waals surface area contributed by atoms with Crippen molar-refractivity contribution in [2.45, 2.75) is 25.4 Å². The van der Waals surface area contributed by atoms with Crippen LogP contribution in [0, 0.1) is 6.92 Å². The first-order chi connectivity index (χ1) is 7.24. The Kier molecular flexibility index (Phi) is 1.66. The van der Waals surface area contributed by atoms with Crippen molar-refractivity contribution < 1.29 is 0 Å². The van der Waals surface area contributed by atoms with E-state index in [-0.39, 0.29) is 6.04 Å². The molecule has 0 spiro atoms. The third-order valence-electron chi connectivity index (χ3n) is 2.55. The van der Waals surface area contributed by atoms with Crippen LogP contribution < -0.4 is 11.1 Å². The van der Waals surface area contributed by atoms with Crippen LogP contribution in [0.3, 0.4) is 0 Å². The van der Waals surface area contributed by atoms with Crippen molar-refractivity contribution in [3.8, 4) is 0 Å². The summed E-state index contributed by atoms with van der Waals surface area (Å²) in [5.41, 5.74) is 6.67. The van der Waals surface area contributed by atoms with Gasteiger partial charge in [-0.05, 0) is 13.3 Å². The molecule has 2 atom stereocenters. The number of fused-ring (bicyclic) bond motifs is 1. The molecule has 0 aliphatic heterocycles. The van der Waals surface area contributed by atoms with E-state index in [9.17, 15) is 0 Å². The molecule has 15 heavy (non-hydrogen) atoms. The Hall–Kier alpha value is -1.69. The molecule has 78 valence electrons. The minimum absolute atomic E-state index is 0.261. The maximum absolute atomic E-state index is 5.75. The van der Waals surface area contributed by atoms with Crippen LogP contribution in [0.2, 0.25) is 0 Å². The van der Waals surface area contributed by atoms with Crippen LogP contribution >= 0.6 is 0 Å². The smallest absolute Gasteiger partial charge is 0.254 e. The first kappa shape index (κ1) is 8.60. The van der Waals surface area contributed by atoms with Gasteiger partial charge in [0.1, 0.15) is 12.1 Å². The summed E-state index contributed by atoms with van der Waals surface area (Å²) in [6.07, 6.45) is 2.51. The summed E-state index contributed by atoms with van der Waals surface area (Å²) in [4.78, 5) is 8.32. The average Bonchev–Trinajstić information content (AvgIpc) is 2.71. The molecule has 2 unspecified atom stereocenters. The number of hydrogen-bond donors (Lipinski definition) is 2. The van der Waals surface area contributed by atoms with Crippen molar-refractivity contribution in [3.63, 3.8) is 0 Å². The molecule has 6 heteroatoms. The number of rotatable bonds is 2. The second kappa shape index (κ2) is 2.90. The molecule has 0 amide bonds. The lowest BCUT2D eigenvalue weighted by Gasteiger charge is -2.07. The van der Waals surface area contributed by atoms with E-state index in [1.54, 1.807) is 4.52 Å². The van der Waals surface area contributed by atoms with Crippen LogP contribution in [0.1, 0.15) is 12.1 Å². The van der Waals surface area contributed by atoms with E-state index in [4.69, 9.17) is 5.73 Å². The summed E-state index contributed by atoms with van der Waals surface area (Å²) in [5.74, 6) is 1.53. The van der Waals surface area contributed by atoms with Crippen LogP contribution in [-0.2, 0) is 0 Å². The molecule has 2 aromatic rings. The Morgan fingerprint density at radius 1 is 1.60 bits per heavy atom. The zero-order valence-electron chi connectivity index (χ0n) is 8.38. The molecule has 0 saturated heterocycles. The average molecular weight is 204 g/mol. The molecule has 0 radical (unpaired) electrons. The first-order valence-electron chi connectivity index (χ1n) is 4.93. The molecular weight excluding hydrogens is 192 g/mol. The highest BCUT2D eigenvalue weighted by molar-refractivity contribution is 5.46. The van der Waals surface area contributed by atoms with Crippen LogP contribution in [-0.4, -0.2) is 31.7 Å². The summed E-state index contributed by atoms with van der Waals surface area (Å²) in [7, 11) is 0. The summed E-state index contributed by atoms with van der Waals surface area (Å²) in [6.45, 7) is 1.94. The van der Waals surface area contributed by atoms with Gasteiger partial charge in [0.2, 0.25) is 0 Å². The zero-order chi connectivity index (χ0) is 10.4. The molecule has 1 saturated carbocycles. The van der Waals surface area contributed by atoms with Gasteiger partial charge >= 0.3 is 0 Å². The van der Waals surface area contributed by atoms with E-state index in [1.165, 1.54) is 6.33 Å². The van der Waals surface area contributed by atoms with E-state index in [1.807, 2.05) is 13.0 Å². The third-order valence-corrected chi connectivity index (χ3v) is 2.55. The van der Waals surface area contributed by atoms with Gasteiger partial charge in [-0.3, -0.25) is 0 Å². The summed E-state index contributed by atoms with van der Waals surface area (Å²) in [5, 5.41) is 7.44. The second-order valence-corrected chi connectivity index (χ2v) is 3.90. The number of nitrogens with one attached hydrogen (secondary N) is 1. The summed E-state index contributed by atoms with van der Waals surface area (Å²) >= 11 is 0. The van der Waals surface area contributed by atoms with Gasteiger partial charge in [-0.1, -0.05) is 0 Å². The fourth-order valence-corrected chi connectivity index (χ4v) is 1.60. The van der Waals surface area contributed by atoms with Crippen molar-refractivity contribution in [3.05, 3.63) is 18.1 Å². The van der Waals surface area contributed by atoms with Crippen molar-refractivity contribution in [2.24, 2.45) is 5.73 Å². The molecule has 1 aliphatic rings. The van der Waals surface area contributed by atoms with Crippen LogP contribution in [0.4, 0.5) is 5.82 Å². The van der Waals surface area contributed by atoms with Gasteiger partial charge in [-0.15, -0.1) is 0 Å². The largest absolute Gasteiger partial charge is 0.365 e. The Morgan fingerprint density at radius 2 is 2.40 bits per heavy atom. The molecule has 0 bridgehead atoms. The van der Waals surface area contributed by atoms with E-state index in [0.717, 1.165) is 17.9 Å². The lowest BCUT2D eigenvalue weighted by atomic mass is 10.4. The quantitative estimate of drug-likeness (QED) is 0.716. The number of hydrogen-bond acceptors (Lipinski definition) is 5. The second-order valence-electron chi connectivity index (χ2n) is 3.90. The van der Waals surface area contributed by atoms with E-state index < -0.39 is 0 Å². The number of aromatic nitrogens is 4. The van der Waals surface area contributed by atoms with E-state index in [2.05, 4.69) is 20.4 Å². The third kappa shape index (κ3) is 1.42. The Morgan fingerprint density at radius 3 is 3.13 bits per heavy atom. The topological polar surface area (TPSA) is 81.1 Å². The van der Waals surface area contributed by atoms with Gasteiger partial charge in [0, 0.05) is 23.8 Å². The number of aryl methyl sites for hydroxylation is 1. The fourth-order valence-electron chi connectivity index (χ4n) is 1.60. The van der Waals surface area contributed by atoms with Gasteiger partial charge in [0.15, 0.2) is 0 Å². The lowest BCUT2D eigenvalue weighted by Crippen LogP contribution is -2.15. The summed E-state index contributed by atoms with van der Waals surface area (Å²) < 4.78 is 1.69. The Labute approximate surface area is 86.5 Å².